The summed E-state index contributed by atoms with van der Waals surface area (Å²) in [5.74, 6) is 2.04. The van der Waals surface area contributed by atoms with Crippen LogP contribution in [0, 0.1) is 0 Å². The van der Waals surface area contributed by atoms with Crippen molar-refractivity contribution >= 4 is 16.8 Å². The van der Waals surface area contributed by atoms with Crippen molar-refractivity contribution in [2.24, 2.45) is 0 Å². The third-order valence-corrected chi connectivity index (χ3v) is 4.81. The van der Waals surface area contributed by atoms with Gasteiger partial charge in [-0.15, -0.1) is 0 Å². The Morgan fingerprint density at radius 2 is 1.73 bits per heavy atom. The third-order valence-electron chi connectivity index (χ3n) is 4.81. The summed E-state index contributed by atoms with van der Waals surface area (Å²) in [7, 11) is 1.73. The van der Waals surface area contributed by atoms with Gasteiger partial charge < -0.3 is 9.15 Å². The van der Waals surface area contributed by atoms with E-state index in [1.165, 1.54) is 18.1 Å². The Kier molecular flexibility index (Phi) is 4.90. The summed E-state index contributed by atoms with van der Waals surface area (Å²) in [6.07, 6.45) is 0. The molecule has 2 aromatic carbocycles. The van der Waals surface area contributed by atoms with E-state index in [-0.39, 0.29) is 5.78 Å². The van der Waals surface area contributed by atoms with E-state index in [4.69, 9.17) is 9.15 Å². The van der Waals surface area contributed by atoms with Gasteiger partial charge in [0.25, 0.3) is 0 Å². The average molecular weight is 350 g/mol. The maximum Gasteiger partial charge on any atom is 0.194 e. The number of carbonyl (C=O) groups is 1. The molecular weight excluding hydrogens is 324 g/mol. The summed E-state index contributed by atoms with van der Waals surface area (Å²) in [4.78, 5) is 11.6. The van der Waals surface area contributed by atoms with Crippen molar-refractivity contribution in [1.29, 1.82) is 0 Å². The van der Waals surface area contributed by atoms with Crippen molar-refractivity contribution in [2.45, 2.75) is 46.5 Å². The van der Waals surface area contributed by atoms with Crippen LogP contribution < -0.4 is 4.74 Å². The van der Waals surface area contributed by atoms with Crippen LogP contribution in [0.25, 0.3) is 22.1 Å². The molecule has 1 heterocycles. The summed E-state index contributed by atoms with van der Waals surface area (Å²) >= 11 is 0. The van der Waals surface area contributed by atoms with Crippen LogP contribution >= 0.6 is 0 Å². The van der Waals surface area contributed by atoms with E-state index < -0.39 is 0 Å². The lowest BCUT2D eigenvalue weighted by molar-refractivity contribution is 0.0989. The highest BCUT2D eigenvalue weighted by Gasteiger charge is 2.18. The smallest absolute Gasteiger partial charge is 0.194 e. The summed E-state index contributed by atoms with van der Waals surface area (Å²) in [5, 5.41) is 0.927. The highest BCUT2D eigenvalue weighted by atomic mass is 16.5. The van der Waals surface area contributed by atoms with Crippen molar-refractivity contribution < 1.29 is 13.9 Å². The van der Waals surface area contributed by atoms with Crippen molar-refractivity contribution in [3.05, 3.63) is 53.3 Å². The normalized spacial score (nSPS) is 11.5. The van der Waals surface area contributed by atoms with Crippen LogP contribution in [-0.2, 0) is 0 Å². The van der Waals surface area contributed by atoms with Crippen LogP contribution in [0.3, 0.4) is 0 Å². The quantitative estimate of drug-likeness (QED) is 0.489. The Morgan fingerprint density at radius 3 is 2.31 bits per heavy atom. The fourth-order valence-electron chi connectivity index (χ4n) is 3.26. The van der Waals surface area contributed by atoms with E-state index in [1.54, 1.807) is 7.11 Å². The van der Waals surface area contributed by atoms with Crippen molar-refractivity contribution in [3.8, 4) is 16.9 Å². The second-order valence-corrected chi connectivity index (χ2v) is 7.42. The van der Waals surface area contributed by atoms with E-state index in [0.29, 0.717) is 17.6 Å². The van der Waals surface area contributed by atoms with Gasteiger partial charge in [-0.1, -0.05) is 39.8 Å². The number of carbonyl (C=O) groups excluding carboxylic acids is 1. The predicted molar refractivity (Wildman–Crippen MR) is 106 cm³/mol. The number of rotatable bonds is 5. The number of hydrogen-bond acceptors (Lipinski definition) is 3. The van der Waals surface area contributed by atoms with Gasteiger partial charge in [0.1, 0.15) is 11.3 Å². The summed E-state index contributed by atoms with van der Waals surface area (Å²) in [6, 6.07) is 12.3. The molecule has 0 aliphatic carbocycles. The lowest BCUT2D eigenvalue weighted by Crippen LogP contribution is -2.00. The molecule has 0 bridgehead atoms. The molecule has 0 unspecified atom stereocenters. The minimum atomic E-state index is -0.0655. The monoisotopic (exact) mass is 350 g/mol. The minimum Gasteiger partial charge on any atom is -0.496 e. The van der Waals surface area contributed by atoms with Gasteiger partial charge in [-0.25, -0.2) is 0 Å². The molecule has 136 valence electrons. The first kappa shape index (κ1) is 18.2. The molecule has 3 rings (SSSR count). The van der Waals surface area contributed by atoms with Gasteiger partial charge in [-0.2, -0.15) is 0 Å². The zero-order valence-electron chi connectivity index (χ0n) is 16.3. The molecule has 0 fully saturated rings. The molecule has 26 heavy (non-hydrogen) atoms. The second kappa shape index (κ2) is 6.99. The summed E-state index contributed by atoms with van der Waals surface area (Å²) < 4.78 is 11.4. The van der Waals surface area contributed by atoms with Crippen molar-refractivity contribution in [1.82, 2.24) is 0 Å². The molecule has 3 nitrogen and oxygen atoms in total. The summed E-state index contributed by atoms with van der Waals surface area (Å²) in [5.41, 5.74) is 5.37. The lowest BCUT2D eigenvalue weighted by Gasteiger charge is -2.20. The number of ether oxygens (including phenoxy) is 1. The largest absolute Gasteiger partial charge is 0.496 e. The molecule has 1 aromatic heterocycles. The van der Waals surface area contributed by atoms with Gasteiger partial charge in [-0.05, 0) is 52.8 Å². The molecule has 3 heteroatoms. The zero-order valence-corrected chi connectivity index (χ0v) is 16.3. The van der Waals surface area contributed by atoms with Crippen molar-refractivity contribution in [3.63, 3.8) is 0 Å². The number of hydrogen-bond donors (Lipinski definition) is 0. The summed E-state index contributed by atoms with van der Waals surface area (Å²) in [6.45, 7) is 10.3. The fraction of sp³-hybridized carbons (Fsp3) is 0.348. The van der Waals surface area contributed by atoms with E-state index in [1.807, 2.05) is 18.2 Å². The van der Waals surface area contributed by atoms with Crippen LogP contribution in [-0.4, -0.2) is 12.9 Å². The van der Waals surface area contributed by atoms with Gasteiger partial charge in [0, 0.05) is 17.9 Å². The van der Waals surface area contributed by atoms with Crippen LogP contribution in [0.1, 0.15) is 68.1 Å². The number of ketones is 1. The lowest BCUT2D eigenvalue weighted by atomic mass is 9.89. The Labute approximate surface area is 155 Å². The number of fused-ring (bicyclic) bond motifs is 1. The van der Waals surface area contributed by atoms with Gasteiger partial charge in [-0.3, -0.25) is 4.79 Å². The fourth-order valence-corrected chi connectivity index (χ4v) is 3.26. The first-order chi connectivity index (χ1) is 12.3. The SMILES string of the molecule is COc1c(-c2ccc3oc(C(C)=O)cc3c2)cc(C(C)C)cc1C(C)C. The van der Waals surface area contributed by atoms with Gasteiger partial charge in [0.15, 0.2) is 11.5 Å². The van der Waals surface area contributed by atoms with Crippen molar-refractivity contribution in [2.75, 3.05) is 7.11 Å². The van der Waals surface area contributed by atoms with E-state index in [2.05, 4.69) is 45.9 Å². The maximum absolute atomic E-state index is 11.6. The predicted octanol–water partition coefficient (Wildman–Crippen LogP) is 6.56. The Hall–Kier alpha value is -2.55. The first-order valence-electron chi connectivity index (χ1n) is 9.08. The topological polar surface area (TPSA) is 39.4 Å². The van der Waals surface area contributed by atoms with E-state index in [9.17, 15) is 4.79 Å². The zero-order chi connectivity index (χ0) is 19.0. The molecule has 0 aliphatic rings. The van der Waals surface area contributed by atoms with Crippen LogP contribution in [0.2, 0.25) is 0 Å². The molecule has 0 aliphatic heterocycles. The number of furan rings is 1. The Balaban J connectivity index is 2.24. The molecule has 0 radical (unpaired) electrons. The second-order valence-electron chi connectivity index (χ2n) is 7.42. The molecule has 0 saturated carbocycles. The highest BCUT2D eigenvalue weighted by molar-refractivity contribution is 5.97. The third kappa shape index (κ3) is 3.26. The molecule has 0 N–H and O–H groups in total. The van der Waals surface area contributed by atoms with Crippen LogP contribution in [0.5, 0.6) is 5.75 Å². The molecule has 0 atom stereocenters. The number of benzene rings is 2. The molecular formula is C23H26O3. The Morgan fingerprint density at radius 1 is 1.00 bits per heavy atom. The van der Waals surface area contributed by atoms with Gasteiger partial charge in [0.05, 0.1) is 7.11 Å². The van der Waals surface area contributed by atoms with Gasteiger partial charge in [0.2, 0.25) is 0 Å². The van der Waals surface area contributed by atoms with Crippen LogP contribution in [0.15, 0.2) is 40.8 Å². The van der Waals surface area contributed by atoms with Crippen LogP contribution in [0.4, 0.5) is 0 Å². The maximum atomic E-state index is 11.6. The standard InChI is InChI=1S/C23H26O3/c1-13(2)17-10-19(14(3)4)23(25-6)20(11-17)16-7-8-21-18(9-16)12-22(26-21)15(5)24/h7-14H,1-6H3. The molecule has 0 saturated heterocycles. The molecule has 0 spiro atoms. The van der Waals surface area contributed by atoms with E-state index in [0.717, 1.165) is 27.8 Å². The number of methoxy groups -OCH3 is 1. The molecule has 0 amide bonds. The minimum absolute atomic E-state index is 0.0655. The molecule has 3 aromatic rings. The number of Topliss-reactive ketones (excluding diaryl/α,β-unsaturated/α-hetero) is 1. The van der Waals surface area contributed by atoms with Gasteiger partial charge >= 0.3 is 0 Å². The average Bonchev–Trinajstić information content (AvgIpc) is 3.03. The van der Waals surface area contributed by atoms with E-state index >= 15 is 0 Å². The highest BCUT2D eigenvalue weighted by Crippen LogP contribution is 2.40. The Bertz CT molecular complexity index is 961. The first-order valence-corrected chi connectivity index (χ1v) is 9.08.